The molecule has 3 N–H and O–H groups in total. The molecule has 2 aromatic carbocycles. The summed E-state index contributed by atoms with van der Waals surface area (Å²) in [6, 6.07) is 26.8. The van der Waals surface area contributed by atoms with Crippen LogP contribution >= 0.6 is 7.92 Å². The molecule has 4 nitrogen and oxygen atoms in total. The van der Waals surface area contributed by atoms with Gasteiger partial charge in [-0.1, -0.05) is 66.7 Å². The van der Waals surface area contributed by atoms with E-state index < -0.39 is 16.7 Å². The third kappa shape index (κ3) is 5.31. The van der Waals surface area contributed by atoms with Gasteiger partial charge in [0.2, 0.25) is 0 Å². The fourth-order valence-electron chi connectivity index (χ4n) is 2.81. The summed E-state index contributed by atoms with van der Waals surface area (Å²) in [5, 5.41) is 2.48. The van der Waals surface area contributed by atoms with Crippen LogP contribution in [0.25, 0.3) is 0 Å². The maximum Gasteiger partial charge on any atom is 0.492 e. The van der Waals surface area contributed by atoms with Gasteiger partial charge in [0.25, 0.3) is 0 Å². The number of aromatic nitrogens is 1. The van der Waals surface area contributed by atoms with Gasteiger partial charge in [-0.15, -0.1) is 0 Å². The molecule has 0 bridgehead atoms. The summed E-state index contributed by atoms with van der Waals surface area (Å²) >= 11 is 0. The van der Waals surface area contributed by atoms with E-state index >= 15 is 0 Å². The average molecular weight is 383 g/mol. The normalized spacial score (nSPS) is 11.7. The lowest BCUT2D eigenvalue weighted by molar-refractivity contribution is 0.226. The zero-order chi connectivity index (χ0) is 18.4. The Morgan fingerprint density at radius 2 is 1.31 bits per heavy atom. The second kappa shape index (κ2) is 8.67. The minimum Gasteiger partial charge on any atom is -0.390 e. The van der Waals surface area contributed by atoms with Crippen LogP contribution in [0, 0.1) is 0 Å². The van der Waals surface area contributed by atoms with Gasteiger partial charge in [-0.2, -0.15) is 0 Å². The molecular formula is C20H22NO3PSi. The predicted molar refractivity (Wildman–Crippen MR) is 108 cm³/mol. The second-order valence-electron chi connectivity index (χ2n) is 6.12. The molecule has 1 heterocycles. The summed E-state index contributed by atoms with van der Waals surface area (Å²) in [6.07, 6.45) is 1.11. The van der Waals surface area contributed by atoms with Gasteiger partial charge in [-0.05, 0) is 35.6 Å². The maximum absolute atomic E-state index is 9.17. The summed E-state index contributed by atoms with van der Waals surface area (Å²) in [5.74, 6) is 0. The van der Waals surface area contributed by atoms with Crippen LogP contribution in [0.1, 0.15) is 12.1 Å². The zero-order valence-corrected chi connectivity index (χ0v) is 16.3. The van der Waals surface area contributed by atoms with Crippen LogP contribution in [0.3, 0.4) is 0 Å². The lowest BCUT2D eigenvalue weighted by Gasteiger charge is -2.19. The van der Waals surface area contributed by atoms with Crippen molar-refractivity contribution in [3.05, 3.63) is 84.6 Å². The van der Waals surface area contributed by atoms with Crippen LogP contribution in [0.15, 0.2) is 78.9 Å². The molecule has 0 aliphatic carbocycles. The fourth-order valence-corrected chi connectivity index (χ4v) is 5.69. The zero-order valence-electron chi connectivity index (χ0n) is 14.4. The second-order valence-corrected chi connectivity index (χ2v) is 10.3. The van der Waals surface area contributed by atoms with Crippen LogP contribution in [0.2, 0.25) is 6.04 Å². The molecule has 0 aliphatic heterocycles. The van der Waals surface area contributed by atoms with Crippen molar-refractivity contribution in [2.24, 2.45) is 0 Å². The highest BCUT2D eigenvalue weighted by Gasteiger charge is 2.25. The Labute approximate surface area is 155 Å². The molecule has 0 saturated carbocycles. The van der Waals surface area contributed by atoms with Gasteiger partial charge in [-0.3, -0.25) is 4.98 Å². The van der Waals surface area contributed by atoms with E-state index in [0.29, 0.717) is 12.8 Å². The first kappa shape index (κ1) is 18.9. The van der Waals surface area contributed by atoms with Gasteiger partial charge in [0, 0.05) is 19.7 Å². The Kier molecular flexibility index (Phi) is 6.30. The molecule has 0 saturated heterocycles. The molecule has 0 atom stereocenters. The molecule has 0 fully saturated rings. The maximum atomic E-state index is 9.17. The van der Waals surface area contributed by atoms with Crippen LogP contribution in [0.4, 0.5) is 0 Å². The van der Waals surface area contributed by atoms with E-state index in [0.717, 1.165) is 11.1 Å². The lowest BCUT2D eigenvalue weighted by Crippen LogP contribution is -2.34. The Hall–Kier alpha value is -1.88. The van der Waals surface area contributed by atoms with E-state index in [9.17, 15) is 0 Å². The van der Waals surface area contributed by atoms with Crippen molar-refractivity contribution >= 4 is 32.8 Å². The van der Waals surface area contributed by atoms with Crippen LogP contribution in [-0.2, 0) is 6.42 Å². The van der Waals surface area contributed by atoms with E-state index in [-0.39, 0.29) is 6.04 Å². The molecule has 0 amide bonds. The van der Waals surface area contributed by atoms with Gasteiger partial charge < -0.3 is 14.4 Å². The Morgan fingerprint density at radius 1 is 0.731 bits per heavy atom. The van der Waals surface area contributed by atoms with E-state index in [1.54, 1.807) is 0 Å². The molecule has 3 aromatic rings. The molecular weight excluding hydrogens is 361 g/mol. The smallest absolute Gasteiger partial charge is 0.390 e. The third-order valence-electron chi connectivity index (χ3n) is 4.00. The minimum absolute atomic E-state index is 0.0328. The molecule has 0 radical (unpaired) electrons. The number of hydrogen-bond donors (Lipinski definition) is 3. The Balaban J connectivity index is 1.89. The van der Waals surface area contributed by atoms with Crippen molar-refractivity contribution in [2.45, 2.75) is 18.9 Å². The highest BCUT2D eigenvalue weighted by molar-refractivity contribution is 7.79. The molecule has 1 aromatic heterocycles. The van der Waals surface area contributed by atoms with Gasteiger partial charge >= 0.3 is 8.80 Å². The van der Waals surface area contributed by atoms with E-state index in [2.05, 4.69) is 30.3 Å². The Bertz CT molecular complexity index is 786. The first-order valence-electron chi connectivity index (χ1n) is 8.56. The highest BCUT2D eigenvalue weighted by Crippen LogP contribution is 2.31. The molecule has 0 aliphatic rings. The summed E-state index contributed by atoms with van der Waals surface area (Å²) in [4.78, 5) is 32.4. The van der Waals surface area contributed by atoms with Crippen LogP contribution in [0.5, 0.6) is 0 Å². The molecule has 0 unspecified atom stereocenters. The molecule has 3 rings (SSSR count). The first-order valence-corrected chi connectivity index (χ1v) is 12.0. The highest BCUT2D eigenvalue weighted by atomic mass is 31.1. The SMILES string of the molecule is O[Si](O)(O)CCCc1cccc(P(c2ccccc2)c2ccccc2)n1. The minimum atomic E-state index is -3.98. The number of nitrogens with zero attached hydrogens (tertiary/aromatic N) is 1. The van der Waals surface area contributed by atoms with Crippen LogP contribution < -0.4 is 16.0 Å². The number of pyridine rings is 1. The molecule has 0 spiro atoms. The monoisotopic (exact) mass is 383 g/mol. The molecule has 134 valence electrons. The predicted octanol–water partition coefficient (Wildman–Crippen LogP) is 1.69. The van der Waals surface area contributed by atoms with Crippen LogP contribution in [-0.4, -0.2) is 28.2 Å². The molecule has 26 heavy (non-hydrogen) atoms. The van der Waals surface area contributed by atoms with Gasteiger partial charge in [-0.25, -0.2) is 0 Å². The van der Waals surface area contributed by atoms with E-state index in [1.807, 2.05) is 48.5 Å². The largest absolute Gasteiger partial charge is 0.492 e. The molecule has 6 heteroatoms. The number of hydrogen-bond acceptors (Lipinski definition) is 4. The lowest BCUT2D eigenvalue weighted by atomic mass is 10.2. The van der Waals surface area contributed by atoms with Crippen molar-refractivity contribution < 1.29 is 14.4 Å². The summed E-state index contributed by atoms with van der Waals surface area (Å²) in [7, 11) is -4.73. The standard InChI is InChI=1S/C20H22NO3PSi/c22-26(23,24)16-8-10-17-9-7-15-20(21-17)25(18-11-3-1-4-12-18)19-13-5-2-6-14-19/h1-7,9,11-15,22-24H,8,10,16H2. The summed E-state index contributed by atoms with van der Waals surface area (Å²) in [6.45, 7) is 0. The number of rotatable bonds is 7. The first-order chi connectivity index (χ1) is 12.5. The van der Waals surface area contributed by atoms with Crippen molar-refractivity contribution in [1.29, 1.82) is 0 Å². The van der Waals surface area contributed by atoms with Crippen molar-refractivity contribution in [3.8, 4) is 0 Å². The fraction of sp³-hybridized carbons (Fsp3) is 0.150. The summed E-state index contributed by atoms with van der Waals surface area (Å²) < 4.78 is 0. The number of benzene rings is 2. The average Bonchev–Trinajstić information content (AvgIpc) is 2.63. The van der Waals surface area contributed by atoms with Gasteiger partial charge in [0.15, 0.2) is 0 Å². The van der Waals surface area contributed by atoms with E-state index in [1.165, 1.54) is 10.6 Å². The van der Waals surface area contributed by atoms with Gasteiger partial charge in [0.05, 0.1) is 5.44 Å². The van der Waals surface area contributed by atoms with Crippen molar-refractivity contribution in [3.63, 3.8) is 0 Å². The number of aryl methyl sites for hydroxylation is 1. The van der Waals surface area contributed by atoms with Gasteiger partial charge in [0.1, 0.15) is 0 Å². The van der Waals surface area contributed by atoms with Crippen molar-refractivity contribution in [2.75, 3.05) is 0 Å². The summed E-state index contributed by atoms with van der Waals surface area (Å²) in [5.41, 5.74) is 1.93. The third-order valence-corrected chi connectivity index (χ3v) is 7.36. The Morgan fingerprint density at radius 3 is 1.85 bits per heavy atom. The van der Waals surface area contributed by atoms with Crippen molar-refractivity contribution in [1.82, 2.24) is 4.98 Å². The topological polar surface area (TPSA) is 73.6 Å². The van der Waals surface area contributed by atoms with E-state index in [4.69, 9.17) is 19.4 Å². The quantitative estimate of drug-likeness (QED) is 0.429.